The van der Waals surface area contributed by atoms with E-state index in [1.807, 2.05) is 6.92 Å². The summed E-state index contributed by atoms with van der Waals surface area (Å²) in [5, 5.41) is 8.54. The molecule has 0 aliphatic carbocycles. The third kappa shape index (κ3) is 3.28. The number of methoxy groups -OCH3 is 1. The second-order valence-corrected chi connectivity index (χ2v) is 3.27. The molecule has 80 valence electrons. The number of hydrogen-bond donors (Lipinski definition) is 1. The third-order valence-electron chi connectivity index (χ3n) is 1.99. The lowest BCUT2D eigenvalue weighted by Gasteiger charge is -1.99. The Bertz CT molecular complexity index is 230. The van der Waals surface area contributed by atoms with Gasteiger partial charge in [-0.1, -0.05) is 11.8 Å². The van der Waals surface area contributed by atoms with Crippen LogP contribution in [-0.4, -0.2) is 43.9 Å². The summed E-state index contributed by atoms with van der Waals surface area (Å²) in [4.78, 5) is 0. The minimum absolute atomic E-state index is 0.0313. The van der Waals surface area contributed by atoms with Crippen LogP contribution in [0.2, 0.25) is 0 Å². The summed E-state index contributed by atoms with van der Waals surface area (Å²) >= 11 is 0. The molecule has 1 saturated heterocycles. The molecule has 1 fully saturated rings. The molecule has 4 nitrogen and oxygen atoms in total. The smallest absolute Gasteiger partial charge is 0.154 e. The van der Waals surface area contributed by atoms with Crippen LogP contribution >= 0.6 is 0 Å². The van der Waals surface area contributed by atoms with Crippen molar-refractivity contribution in [1.82, 2.24) is 0 Å². The molecule has 1 aliphatic rings. The molecule has 0 aromatic heterocycles. The van der Waals surface area contributed by atoms with Gasteiger partial charge in [0.1, 0.15) is 12.9 Å². The monoisotopic (exact) mass is 200 g/mol. The van der Waals surface area contributed by atoms with Crippen LogP contribution in [0.3, 0.4) is 0 Å². The van der Waals surface area contributed by atoms with Crippen molar-refractivity contribution < 1.29 is 19.3 Å². The van der Waals surface area contributed by atoms with Crippen molar-refractivity contribution in [2.75, 3.05) is 27.1 Å². The van der Waals surface area contributed by atoms with Crippen LogP contribution in [0.5, 0.6) is 0 Å². The van der Waals surface area contributed by atoms with Gasteiger partial charge in [0.2, 0.25) is 0 Å². The lowest BCUT2D eigenvalue weighted by Crippen LogP contribution is -2.13. The highest BCUT2D eigenvalue weighted by Crippen LogP contribution is 2.35. The average Bonchev–Trinajstić information content (AvgIpc) is 2.79. The summed E-state index contributed by atoms with van der Waals surface area (Å²) < 4.78 is 15.2. The average molecular weight is 200 g/mol. The summed E-state index contributed by atoms with van der Waals surface area (Å²) in [6, 6.07) is 0. The quantitative estimate of drug-likeness (QED) is 0.297. The molecule has 1 N–H and O–H groups in total. The van der Waals surface area contributed by atoms with Gasteiger partial charge in [0.05, 0.1) is 13.2 Å². The standard InChI is InChI=1S/C10H16O4/c1-10(5-3-4-6-11)9(14-10)7-13-8-12-2/h9,11H,4,6-8H2,1-2H3. The van der Waals surface area contributed by atoms with Gasteiger partial charge in [-0.15, -0.1) is 0 Å². The fraction of sp³-hybridized carbons (Fsp3) is 0.800. The van der Waals surface area contributed by atoms with Crippen molar-refractivity contribution in [3.05, 3.63) is 0 Å². The molecule has 1 heterocycles. The molecule has 0 bridgehead atoms. The zero-order valence-corrected chi connectivity index (χ0v) is 8.58. The van der Waals surface area contributed by atoms with E-state index in [1.165, 1.54) is 0 Å². The Kier molecular flexibility index (Phi) is 4.36. The second-order valence-electron chi connectivity index (χ2n) is 3.27. The Hall–Kier alpha value is -0.600. The predicted molar refractivity (Wildman–Crippen MR) is 50.6 cm³/mol. The van der Waals surface area contributed by atoms with Crippen molar-refractivity contribution in [3.8, 4) is 11.8 Å². The normalized spacial score (nSPS) is 29.5. The van der Waals surface area contributed by atoms with Crippen LogP contribution < -0.4 is 0 Å². The van der Waals surface area contributed by atoms with Gasteiger partial charge in [-0.3, -0.25) is 0 Å². The van der Waals surface area contributed by atoms with Gasteiger partial charge in [0, 0.05) is 13.5 Å². The van der Waals surface area contributed by atoms with Crippen LogP contribution in [-0.2, 0) is 14.2 Å². The lowest BCUT2D eigenvalue weighted by atomic mass is 10.1. The molecular formula is C10H16O4. The minimum atomic E-state index is -0.386. The zero-order valence-electron chi connectivity index (χ0n) is 8.58. The molecule has 0 amide bonds. The molecule has 2 atom stereocenters. The van der Waals surface area contributed by atoms with E-state index in [4.69, 9.17) is 19.3 Å². The summed E-state index contributed by atoms with van der Waals surface area (Å²) in [6.45, 7) is 2.78. The van der Waals surface area contributed by atoms with E-state index in [9.17, 15) is 0 Å². The molecule has 0 saturated carbocycles. The van der Waals surface area contributed by atoms with Crippen molar-refractivity contribution in [1.29, 1.82) is 0 Å². The van der Waals surface area contributed by atoms with Gasteiger partial charge in [-0.05, 0) is 6.92 Å². The molecule has 0 aromatic rings. The molecule has 0 spiro atoms. The maximum atomic E-state index is 8.54. The second kappa shape index (κ2) is 5.32. The Labute approximate surface area is 84.2 Å². The van der Waals surface area contributed by atoms with Crippen LogP contribution in [0.25, 0.3) is 0 Å². The molecule has 0 aromatic carbocycles. The number of rotatable bonds is 5. The van der Waals surface area contributed by atoms with E-state index in [0.29, 0.717) is 13.0 Å². The molecular weight excluding hydrogens is 184 g/mol. The topological polar surface area (TPSA) is 51.2 Å². The van der Waals surface area contributed by atoms with Gasteiger partial charge < -0.3 is 19.3 Å². The van der Waals surface area contributed by atoms with Crippen molar-refractivity contribution in [3.63, 3.8) is 0 Å². The molecule has 4 heteroatoms. The molecule has 0 radical (unpaired) electrons. The first kappa shape index (κ1) is 11.5. The fourth-order valence-corrected chi connectivity index (χ4v) is 1.10. The number of ether oxygens (including phenoxy) is 3. The predicted octanol–water partition coefficient (Wildman–Crippen LogP) is 0.150. The van der Waals surface area contributed by atoms with E-state index in [1.54, 1.807) is 7.11 Å². The van der Waals surface area contributed by atoms with Gasteiger partial charge in [-0.2, -0.15) is 0 Å². The SMILES string of the molecule is COCOCC1OC1(C)C#CCCO. The van der Waals surface area contributed by atoms with E-state index in [2.05, 4.69) is 11.8 Å². The van der Waals surface area contributed by atoms with E-state index in [-0.39, 0.29) is 25.1 Å². The Balaban J connectivity index is 2.19. The number of aliphatic hydroxyl groups is 1. The first-order valence-electron chi connectivity index (χ1n) is 4.58. The summed E-state index contributed by atoms with van der Waals surface area (Å²) in [5.74, 6) is 5.80. The van der Waals surface area contributed by atoms with Gasteiger partial charge in [-0.25, -0.2) is 0 Å². The van der Waals surface area contributed by atoms with Crippen molar-refractivity contribution in [2.24, 2.45) is 0 Å². The summed E-state index contributed by atoms with van der Waals surface area (Å²) in [7, 11) is 1.58. The minimum Gasteiger partial charge on any atom is -0.395 e. The highest BCUT2D eigenvalue weighted by molar-refractivity contribution is 5.23. The molecule has 1 aliphatic heterocycles. The van der Waals surface area contributed by atoms with Crippen LogP contribution in [0, 0.1) is 11.8 Å². The largest absolute Gasteiger partial charge is 0.395 e. The van der Waals surface area contributed by atoms with Crippen LogP contribution in [0.4, 0.5) is 0 Å². The fourth-order valence-electron chi connectivity index (χ4n) is 1.10. The maximum Gasteiger partial charge on any atom is 0.154 e. The molecule has 14 heavy (non-hydrogen) atoms. The van der Waals surface area contributed by atoms with E-state index >= 15 is 0 Å². The lowest BCUT2D eigenvalue weighted by molar-refractivity contribution is -0.0352. The molecule has 1 rings (SSSR count). The van der Waals surface area contributed by atoms with Gasteiger partial charge in [0.25, 0.3) is 0 Å². The molecule has 2 unspecified atom stereocenters. The highest BCUT2D eigenvalue weighted by Gasteiger charge is 2.51. The van der Waals surface area contributed by atoms with Crippen molar-refractivity contribution >= 4 is 0 Å². The highest BCUT2D eigenvalue weighted by atomic mass is 16.7. The van der Waals surface area contributed by atoms with Gasteiger partial charge in [0.15, 0.2) is 5.60 Å². The van der Waals surface area contributed by atoms with Crippen LogP contribution in [0.1, 0.15) is 13.3 Å². The third-order valence-corrected chi connectivity index (χ3v) is 1.99. The maximum absolute atomic E-state index is 8.54. The van der Waals surface area contributed by atoms with Crippen LogP contribution in [0.15, 0.2) is 0 Å². The first-order chi connectivity index (χ1) is 6.73. The Morgan fingerprint density at radius 2 is 2.36 bits per heavy atom. The number of aliphatic hydroxyl groups excluding tert-OH is 1. The first-order valence-corrected chi connectivity index (χ1v) is 4.58. The number of hydrogen-bond acceptors (Lipinski definition) is 4. The summed E-state index contributed by atoms with van der Waals surface area (Å²) in [5.41, 5.74) is -0.386. The Morgan fingerprint density at radius 3 is 3.00 bits per heavy atom. The van der Waals surface area contributed by atoms with Crippen molar-refractivity contribution in [2.45, 2.75) is 25.0 Å². The van der Waals surface area contributed by atoms with E-state index < -0.39 is 0 Å². The zero-order chi connectivity index (χ0) is 10.4. The van der Waals surface area contributed by atoms with E-state index in [0.717, 1.165) is 0 Å². The van der Waals surface area contributed by atoms with Gasteiger partial charge >= 0.3 is 0 Å². The number of epoxide rings is 1. The summed E-state index contributed by atoms with van der Waals surface area (Å²) in [6.07, 6.45) is 0.522. The Morgan fingerprint density at radius 1 is 1.57 bits per heavy atom.